The van der Waals surface area contributed by atoms with Crippen molar-refractivity contribution in [1.29, 1.82) is 0 Å². The molecule has 0 spiro atoms. The number of nitrogens with zero attached hydrogens (tertiary/aromatic N) is 2. The maximum atomic E-state index is 11.8. The van der Waals surface area contributed by atoms with Crippen LogP contribution in [0, 0.1) is 13.8 Å². The minimum absolute atomic E-state index is 0.159. The molecule has 18 heavy (non-hydrogen) atoms. The molecule has 0 radical (unpaired) electrons. The number of aldehydes is 1. The number of aryl methyl sites for hydroxylation is 2. The average Bonchev–Trinajstić information content (AvgIpc) is 2.27. The quantitative estimate of drug-likeness (QED) is 0.810. The molecule has 5 heteroatoms. The van der Waals surface area contributed by atoms with Crippen LogP contribution < -0.4 is 5.56 Å². The van der Waals surface area contributed by atoms with Crippen LogP contribution in [0.3, 0.4) is 0 Å². The number of aromatic nitrogens is 2. The first-order chi connectivity index (χ1) is 8.51. The summed E-state index contributed by atoms with van der Waals surface area (Å²) in [6.45, 7) is 3.81. The topological polar surface area (TPSA) is 72.2 Å². The molecule has 1 heterocycles. The van der Waals surface area contributed by atoms with Gasteiger partial charge < -0.3 is 5.11 Å². The number of benzene rings is 1. The minimum atomic E-state index is -0.483. The summed E-state index contributed by atoms with van der Waals surface area (Å²) in [5.41, 5.74) is 1.90. The second-order valence-electron chi connectivity index (χ2n) is 4.13. The number of hydrogen-bond donors (Lipinski definition) is 1. The van der Waals surface area contributed by atoms with Gasteiger partial charge in [0.25, 0.3) is 5.56 Å². The third-order valence-electron chi connectivity index (χ3n) is 2.50. The maximum absolute atomic E-state index is 11.8. The van der Waals surface area contributed by atoms with Gasteiger partial charge in [-0.25, -0.2) is 0 Å². The van der Waals surface area contributed by atoms with Crippen LogP contribution in [-0.4, -0.2) is 21.2 Å². The number of aromatic hydroxyl groups is 1. The summed E-state index contributed by atoms with van der Waals surface area (Å²) in [6.07, 6.45) is 0.411. The highest BCUT2D eigenvalue weighted by atomic mass is 16.3. The molecule has 0 aliphatic heterocycles. The molecule has 5 nitrogen and oxygen atoms in total. The molecule has 2 aromatic rings. The van der Waals surface area contributed by atoms with E-state index in [0.717, 1.165) is 21.9 Å². The summed E-state index contributed by atoms with van der Waals surface area (Å²) in [5.74, 6) is -0.407. The molecule has 1 N–H and O–H groups in total. The summed E-state index contributed by atoms with van der Waals surface area (Å²) in [6, 6.07) is 6.52. The van der Waals surface area contributed by atoms with Crippen LogP contribution in [0.1, 0.15) is 21.6 Å². The first kappa shape index (κ1) is 12.0. The van der Waals surface area contributed by atoms with E-state index in [1.807, 2.05) is 19.9 Å². The van der Waals surface area contributed by atoms with Crippen LogP contribution in [0.4, 0.5) is 0 Å². The van der Waals surface area contributed by atoms with E-state index in [1.165, 1.54) is 0 Å². The first-order valence-corrected chi connectivity index (χ1v) is 5.38. The van der Waals surface area contributed by atoms with Gasteiger partial charge in [0.15, 0.2) is 17.7 Å². The molecule has 0 saturated heterocycles. The molecule has 0 unspecified atom stereocenters. The van der Waals surface area contributed by atoms with Crippen LogP contribution in [0.25, 0.3) is 5.69 Å². The van der Waals surface area contributed by atoms with Crippen molar-refractivity contribution in [1.82, 2.24) is 9.78 Å². The van der Waals surface area contributed by atoms with Gasteiger partial charge in [0.2, 0.25) is 0 Å². The lowest BCUT2D eigenvalue weighted by Gasteiger charge is -2.08. The molecule has 2 rings (SSSR count). The number of hydrogen-bond acceptors (Lipinski definition) is 4. The Hall–Kier alpha value is -2.43. The van der Waals surface area contributed by atoms with Gasteiger partial charge in [-0.1, -0.05) is 6.07 Å². The summed E-state index contributed by atoms with van der Waals surface area (Å²) in [5, 5.41) is 13.2. The molecule has 0 aliphatic rings. The highest BCUT2D eigenvalue weighted by Crippen LogP contribution is 2.13. The maximum Gasteiger partial charge on any atom is 0.275 e. The molecular weight excluding hydrogens is 232 g/mol. The van der Waals surface area contributed by atoms with Gasteiger partial charge in [0.1, 0.15) is 0 Å². The Kier molecular flexibility index (Phi) is 2.97. The molecule has 0 amide bonds. The van der Waals surface area contributed by atoms with Crippen LogP contribution in [-0.2, 0) is 0 Å². The van der Waals surface area contributed by atoms with Crippen molar-refractivity contribution in [2.45, 2.75) is 13.8 Å². The minimum Gasteiger partial charge on any atom is -0.505 e. The SMILES string of the molecule is Cc1cc(C)cc(-n2nc(C=O)c(O)cc2=O)c1. The zero-order valence-corrected chi connectivity index (χ0v) is 10.0. The second-order valence-corrected chi connectivity index (χ2v) is 4.13. The number of carbonyl (C=O) groups is 1. The van der Waals surface area contributed by atoms with E-state index in [-0.39, 0.29) is 5.69 Å². The van der Waals surface area contributed by atoms with Crippen LogP contribution in [0.15, 0.2) is 29.1 Å². The molecule has 0 fully saturated rings. The van der Waals surface area contributed by atoms with Crippen molar-refractivity contribution >= 4 is 6.29 Å². The van der Waals surface area contributed by atoms with Crippen molar-refractivity contribution in [3.8, 4) is 11.4 Å². The molecule has 0 saturated carbocycles. The Balaban J connectivity index is 2.70. The standard InChI is InChI=1S/C13H12N2O3/c1-8-3-9(2)5-10(4-8)15-13(18)6-12(17)11(7-16)14-15/h3-7,17H,1-2H3. The molecule has 0 bridgehead atoms. The van der Waals surface area contributed by atoms with Crippen molar-refractivity contribution in [3.05, 3.63) is 51.4 Å². The van der Waals surface area contributed by atoms with E-state index in [2.05, 4.69) is 5.10 Å². The van der Waals surface area contributed by atoms with Gasteiger partial charge >= 0.3 is 0 Å². The third kappa shape index (κ3) is 2.15. The molecule has 1 aromatic heterocycles. The van der Waals surface area contributed by atoms with E-state index in [4.69, 9.17) is 0 Å². The lowest BCUT2D eigenvalue weighted by Crippen LogP contribution is -2.21. The fourth-order valence-corrected chi connectivity index (χ4v) is 1.80. The Morgan fingerprint density at radius 3 is 2.33 bits per heavy atom. The molecule has 0 aliphatic carbocycles. The Bertz CT molecular complexity index is 654. The normalized spacial score (nSPS) is 10.3. The predicted octanol–water partition coefficient (Wildman–Crippen LogP) is 1.37. The van der Waals surface area contributed by atoms with Crippen molar-refractivity contribution in [2.75, 3.05) is 0 Å². The van der Waals surface area contributed by atoms with E-state index in [9.17, 15) is 14.7 Å². The van der Waals surface area contributed by atoms with Gasteiger partial charge in [-0.05, 0) is 37.1 Å². The first-order valence-electron chi connectivity index (χ1n) is 5.38. The Morgan fingerprint density at radius 1 is 1.17 bits per heavy atom. The molecular formula is C13H12N2O3. The van der Waals surface area contributed by atoms with Crippen LogP contribution in [0.2, 0.25) is 0 Å². The average molecular weight is 244 g/mol. The van der Waals surface area contributed by atoms with Crippen LogP contribution in [0.5, 0.6) is 5.75 Å². The molecule has 92 valence electrons. The zero-order valence-electron chi connectivity index (χ0n) is 10.0. The van der Waals surface area contributed by atoms with Gasteiger partial charge in [0.05, 0.1) is 5.69 Å². The summed E-state index contributed by atoms with van der Waals surface area (Å²) >= 11 is 0. The smallest absolute Gasteiger partial charge is 0.275 e. The van der Waals surface area contributed by atoms with Crippen LogP contribution >= 0.6 is 0 Å². The highest BCUT2D eigenvalue weighted by molar-refractivity contribution is 5.75. The lowest BCUT2D eigenvalue weighted by atomic mass is 10.1. The van der Waals surface area contributed by atoms with Crippen molar-refractivity contribution in [3.63, 3.8) is 0 Å². The molecule has 1 aromatic carbocycles. The lowest BCUT2D eigenvalue weighted by molar-refractivity contribution is 0.111. The fourth-order valence-electron chi connectivity index (χ4n) is 1.80. The summed E-state index contributed by atoms with van der Waals surface area (Å²) in [7, 11) is 0. The Labute approximate surface area is 103 Å². The Morgan fingerprint density at radius 2 is 1.78 bits per heavy atom. The second kappa shape index (κ2) is 4.44. The van der Waals surface area contributed by atoms with E-state index >= 15 is 0 Å². The molecule has 0 atom stereocenters. The number of rotatable bonds is 2. The van der Waals surface area contributed by atoms with E-state index < -0.39 is 11.3 Å². The summed E-state index contributed by atoms with van der Waals surface area (Å²) in [4.78, 5) is 22.5. The monoisotopic (exact) mass is 244 g/mol. The van der Waals surface area contributed by atoms with Crippen molar-refractivity contribution < 1.29 is 9.90 Å². The van der Waals surface area contributed by atoms with Gasteiger partial charge in [-0.3, -0.25) is 9.59 Å². The van der Waals surface area contributed by atoms with Gasteiger partial charge in [-0.15, -0.1) is 0 Å². The summed E-state index contributed by atoms with van der Waals surface area (Å²) < 4.78 is 1.10. The zero-order chi connectivity index (χ0) is 13.3. The number of carbonyl (C=O) groups excluding carboxylic acids is 1. The van der Waals surface area contributed by atoms with E-state index in [0.29, 0.717) is 12.0 Å². The highest BCUT2D eigenvalue weighted by Gasteiger charge is 2.09. The predicted molar refractivity (Wildman–Crippen MR) is 66.4 cm³/mol. The third-order valence-corrected chi connectivity index (χ3v) is 2.50. The largest absolute Gasteiger partial charge is 0.505 e. The van der Waals surface area contributed by atoms with Gasteiger partial charge in [0, 0.05) is 6.07 Å². The van der Waals surface area contributed by atoms with E-state index in [1.54, 1.807) is 12.1 Å². The van der Waals surface area contributed by atoms with Crippen molar-refractivity contribution in [2.24, 2.45) is 0 Å². The van der Waals surface area contributed by atoms with Gasteiger partial charge in [-0.2, -0.15) is 9.78 Å². The fraction of sp³-hybridized carbons (Fsp3) is 0.154.